The number of amides is 1. The average molecular weight is 421 g/mol. The molecule has 0 aliphatic heterocycles. The average Bonchev–Trinajstić information content (AvgIpc) is 3.35. The predicted octanol–water partition coefficient (Wildman–Crippen LogP) is 5.70. The Morgan fingerprint density at radius 3 is 2.75 bits per heavy atom. The summed E-state index contributed by atoms with van der Waals surface area (Å²) in [4.78, 5) is 18.6. The number of nitrogens with one attached hydrogen (secondary N) is 1. The fourth-order valence-corrected chi connectivity index (χ4v) is 5.59. The second-order valence-corrected chi connectivity index (χ2v) is 9.25. The molecule has 1 N–H and O–H groups in total. The molecule has 0 unspecified atom stereocenters. The van der Waals surface area contributed by atoms with Gasteiger partial charge in [-0.3, -0.25) is 15.1 Å². The summed E-state index contributed by atoms with van der Waals surface area (Å²) in [5, 5.41) is 13.8. The van der Waals surface area contributed by atoms with Gasteiger partial charge < -0.3 is 0 Å². The number of thiophene rings is 1. The Labute approximate surface area is 172 Å². The number of rotatable bonds is 4. The molecule has 3 aromatic heterocycles. The molecular formula is C20H12N4OS3. The summed E-state index contributed by atoms with van der Waals surface area (Å²) in [6.45, 7) is 0. The Bertz CT molecular complexity index is 1270. The van der Waals surface area contributed by atoms with E-state index < -0.39 is 0 Å². The van der Waals surface area contributed by atoms with Crippen molar-refractivity contribution in [1.29, 1.82) is 0 Å². The lowest BCUT2D eigenvalue weighted by Gasteiger charge is -2.02. The number of nitrogens with zero attached hydrogens (tertiary/aromatic N) is 3. The van der Waals surface area contributed by atoms with Crippen molar-refractivity contribution in [3.8, 4) is 0 Å². The second kappa shape index (κ2) is 7.31. The zero-order valence-corrected chi connectivity index (χ0v) is 16.8. The highest BCUT2D eigenvalue weighted by atomic mass is 32.2. The van der Waals surface area contributed by atoms with Crippen LogP contribution in [0.15, 0.2) is 76.1 Å². The molecule has 5 rings (SSSR count). The summed E-state index contributed by atoms with van der Waals surface area (Å²) in [5.74, 6) is -0.164. The van der Waals surface area contributed by atoms with Crippen molar-refractivity contribution in [1.82, 2.24) is 15.2 Å². The Morgan fingerprint density at radius 1 is 0.964 bits per heavy atom. The molecule has 0 atom stereocenters. The Balaban J connectivity index is 1.35. The van der Waals surface area contributed by atoms with Crippen molar-refractivity contribution in [2.45, 2.75) is 9.24 Å². The molecule has 8 heteroatoms. The van der Waals surface area contributed by atoms with E-state index in [1.165, 1.54) is 34.4 Å². The lowest BCUT2D eigenvalue weighted by atomic mass is 10.2. The van der Waals surface area contributed by atoms with Gasteiger partial charge in [0.25, 0.3) is 5.91 Å². The van der Waals surface area contributed by atoms with Gasteiger partial charge in [0.1, 0.15) is 0 Å². The number of benzene rings is 2. The van der Waals surface area contributed by atoms with Gasteiger partial charge in [-0.25, -0.2) is 0 Å². The van der Waals surface area contributed by atoms with Gasteiger partial charge in [0, 0.05) is 21.2 Å². The van der Waals surface area contributed by atoms with Crippen molar-refractivity contribution >= 4 is 66.5 Å². The highest BCUT2D eigenvalue weighted by Crippen LogP contribution is 2.35. The topological polar surface area (TPSA) is 67.8 Å². The fourth-order valence-electron chi connectivity index (χ4n) is 2.81. The number of aromatic nitrogens is 3. The molecule has 0 radical (unpaired) electrons. The monoisotopic (exact) mass is 420 g/mol. The Morgan fingerprint density at radius 2 is 1.82 bits per heavy atom. The third-order valence-corrected chi connectivity index (χ3v) is 7.16. The van der Waals surface area contributed by atoms with Gasteiger partial charge >= 0.3 is 0 Å². The molecule has 0 bridgehead atoms. The number of carbonyl (C=O) groups is 1. The molecule has 28 heavy (non-hydrogen) atoms. The van der Waals surface area contributed by atoms with Gasteiger partial charge in [-0.05, 0) is 29.7 Å². The van der Waals surface area contributed by atoms with Crippen LogP contribution in [0, 0.1) is 0 Å². The van der Waals surface area contributed by atoms with Crippen molar-refractivity contribution in [2.75, 3.05) is 5.32 Å². The molecule has 3 heterocycles. The van der Waals surface area contributed by atoms with E-state index in [4.69, 9.17) is 0 Å². The number of carbonyl (C=O) groups excluding carboxylic acids is 1. The van der Waals surface area contributed by atoms with Crippen LogP contribution < -0.4 is 5.32 Å². The van der Waals surface area contributed by atoms with Gasteiger partial charge in [-0.15, -0.1) is 21.5 Å². The highest BCUT2D eigenvalue weighted by Gasteiger charge is 2.14. The van der Waals surface area contributed by atoms with Gasteiger partial charge in [-0.1, -0.05) is 59.5 Å². The van der Waals surface area contributed by atoms with E-state index in [0.29, 0.717) is 10.0 Å². The van der Waals surface area contributed by atoms with E-state index >= 15 is 0 Å². The smallest absolute Gasteiger partial charge is 0.267 e. The summed E-state index contributed by atoms with van der Waals surface area (Å²) >= 11 is 4.35. The van der Waals surface area contributed by atoms with E-state index in [2.05, 4.69) is 20.5 Å². The SMILES string of the molecule is O=C(Nc1nnc(Sc2ccnc3ccccc23)s1)c1cc2ccccc2s1. The third kappa shape index (κ3) is 3.37. The summed E-state index contributed by atoms with van der Waals surface area (Å²) in [6, 6.07) is 19.8. The van der Waals surface area contributed by atoms with Crippen molar-refractivity contribution in [3.63, 3.8) is 0 Å². The van der Waals surface area contributed by atoms with Gasteiger partial charge in [0.15, 0.2) is 4.34 Å². The zero-order chi connectivity index (χ0) is 18.9. The number of hydrogen-bond acceptors (Lipinski definition) is 7. The van der Waals surface area contributed by atoms with Crippen LogP contribution in [-0.4, -0.2) is 21.1 Å². The molecule has 0 fully saturated rings. The first-order valence-electron chi connectivity index (χ1n) is 8.41. The first-order chi connectivity index (χ1) is 13.8. The van der Waals surface area contributed by atoms with Crippen molar-refractivity contribution in [2.24, 2.45) is 0 Å². The van der Waals surface area contributed by atoms with Crippen LogP contribution >= 0.6 is 34.4 Å². The number of anilines is 1. The lowest BCUT2D eigenvalue weighted by Crippen LogP contribution is -2.09. The normalized spacial score (nSPS) is 11.1. The van der Waals surface area contributed by atoms with E-state index in [9.17, 15) is 4.79 Å². The van der Waals surface area contributed by atoms with Crippen LogP contribution in [0.2, 0.25) is 0 Å². The van der Waals surface area contributed by atoms with E-state index in [0.717, 1.165) is 30.2 Å². The second-order valence-electron chi connectivity index (χ2n) is 5.90. The molecule has 0 aliphatic carbocycles. The maximum Gasteiger partial charge on any atom is 0.267 e. The molecule has 0 spiro atoms. The van der Waals surface area contributed by atoms with Crippen LogP contribution in [0.4, 0.5) is 5.13 Å². The lowest BCUT2D eigenvalue weighted by molar-refractivity contribution is 0.103. The Kier molecular flexibility index (Phi) is 4.52. The molecule has 1 amide bonds. The van der Waals surface area contributed by atoms with Crippen molar-refractivity contribution < 1.29 is 4.79 Å². The molecule has 0 saturated carbocycles. The molecule has 0 aliphatic rings. The molecule has 2 aromatic carbocycles. The summed E-state index contributed by atoms with van der Waals surface area (Å²) in [7, 11) is 0. The van der Waals surface area contributed by atoms with Gasteiger partial charge in [0.05, 0.1) is 10.4 Å². The standard InChI is InChI=1S/C20H12N4OS3/c25-18(17-11-12-5-1-4-8-15(12)26-17)22-19-23-24-20(28-19)27-16-9-10-21-14-7-3-2-6-13(14)16/h1-11H,(H,22,23,25). The third-order valence-electron chi connectivity index (χ3n) is 4.08. The van der Waals surface area contributed by atoms with Gasteiger partial charge in [-0.2, -0.15) is 0 Å². The minimum Gasteiger partial charge on any atom is -0.296 e. The van der Waals surface area contributed by atoms with Crippen molar-refractivity contribution in [3.05, 3.63) is 71.7 Å². The summed E-state index contributed by atoms with van der Waals surface area (Å²) in [6.07, 6.45) is 1.79. The van der Waals surface area contributed by atoms with Crippen LogP contribution in [0.3, 0.4) is 0 Å². The van der Waals surface area contributed by atoms with E-state index in [-0.39, 0.29) is 5.91 Å². The Hall–Kier alpha value is -2.81. The quantitative estimate of drug-likeness (QED) is 0.378. The maximum absolute atomic E-state index is 12.5. The van der Waals surface area contributed by atoms with Crippen LogP contribution in [-0.2, 0) is 0 Å². The van der Waals surface area contributed by atoms with Crippen LogP contribution in [0.25, 0.3) is 21.0 Å². The van der Waals surface area contributed by atoms with E-state index in [1.807, 2.05) is 60.7 Å². The maximum atomic E-state index is 12.5. The number of para-hydroxylation sites is 1. The molecule has 0 saturated heterocycles. The molecule has 5 nitrogen and oxygen atoms in total. The molecule has 5 aromatic rings. The van der Waals surface area contributed by atoms with Gasteiger partial charge in [0.2, 0.25) is 5.13 Å². The minimum absolute atomic E-state index is 0.164. The minimum atomic E-state index is -0.164. The largest absolute Gasteiger partial charge is 0.296 e. The molecular weight excluding hydrogens is 408 g/mol. The summed E-state index contributed by atoms with van der Waals surface area (Å²) < 4.78 is 1.86. The van der Waals surface area contributed by atoms with Crippen LogP contribution in [0.5, 0.6) is 0 Å². The highest BCUT2D eigenvalue weighted by molar-refractivity contribution is 8.01. The van der Waals surface area contributed by atoms with Crippen LogP contribution in [0.1, 0.15) is 9.67 Å². The number of fused-ring (bicyclic) bond motifs is 2. The first-order valence-corrected chi connectivity index (χ1v) is 10.9. The summed E-state index contributed by atoms with van der Waals surface area (Å²) in [5.41, 5.74) is 0.940. The zero-order valence-electron chi connectivity index (χ0n) is 14.3. The fraction of sp³-hybridized carbons (Fsp3) is 0. The first kappa shape index (κ1) is 17.3. The molecule has 136 valence electrons. The predicted molar refractivity (Wildman–Crippen MR) is 116 cm³/mol. The number of hydrogen-bond donors (Lipinski definition) is 1. The van der Waals surface area contributed by atoms with E-state index in [1.54, 1.807) is 6.20 Å². The number of pyridine rings is 1.